The van der Waals surface area contributed by atoms with Gasteiger partial charge in [0.05, 0.1) is 12.6 Å². The molecule has 0 saturated carbocycles. The van der Waals surface area contributed by atoms with Crippen molar-refractivity contribution in [1.29, 1.82) is 0 Å². The summed E-state index contributed by atoms with van der Waals surface area (Å²) >= 11 is 2.10. The summed E-state index contributed by atoms with van der Waals surface area (Å²) in [6, 6.07) is 8.36. The first kappa shape index (κ1) is 23.4. The molecule has 0 unspecified atom stereocenters. The second-order valence-electron chi connectivity index (χ2n) is 8.80. The molecule has 2 aromatic rings. The molecule has 30 heavy (non-hydrogen) atoms. The Morgan fingerprint density at radius 2 is 1.97 bits per heavy atom. The zero-order chi connectivity index (χ0) is 21.2. The predicted molar refractivity (Wildman–Crippen MR) is 132 cm³/mol. The van der Waals surface area contributed by atoms with Crippen LogP contribution in [0.3, 0.4) is 0 Å². The smallest absolute Gasteiger partial charge is 0.119 e. The molecule has 2 atom stereocenters. The van der Waals surface area contributed by atoms with Crippen LogP contribution in [-0.2, 0) is 5.75 Å². The van der Waals surface area contributed by atoms with E-state index < -0.39 is 0 Å². The maximum Gasteiger partial charge on any atom is 0.119 e. The number of hydrogen-bond donors (Lipinski definition) is 0. The lowest BCUT2D eigenvalue weighted by molar-refractivity contribution is 0.125. The van der Waals surface area contributed by atoms with E-state index >= 15 is 0 Å². The first-order valence-electron chi connectivity index (χ1n) is 12.0. The summed E-state index contributed by atoms with van der Waals surface area (Å²) in [5, 5.41) is 1.23. The third kappa shape index (κ3) is 6.62. The van der Waals surface area contributed by atoms with Gasteiger partial charge in [0.25, 0.3) is 0 Å². The summed E-state index contributed by atoms with van der Waals surface area (Å²) in [5.41, 5.74) is 2.44. The second-order valence-corrected chi connectivity index (χ2v) is 9.83. The minimum absolute atomic E-state index is 0.858. The van der Waals surface area contributed by atoms with Gasteiger partial charge in [0, 0.05) is 23.9 Å². The maximum absolute atomic E-state index is 5.42. The highest BCUT2D eigenvalue weighted by molar-refractivity contribution is 7.98. The van der Waals surface area contributed by atoms with E-state index in [-0.39, 0.29) is 0 Å². The number of methoxy groups -OCH3 is 1. The van der Waals surface area contributed by atoms with Gasteiger partial charge in [0.2, 0.25) is 0 Å². The molecule has 0 radical (unpaired) electrons. The molecule has 0 N–H and O–H groups in total. The fraction of sp³-hybridized carbons (Fsp3) is 0.654. The van der Waals surface area contributed by atoms with Gasteiger partial charge in [-0.25, -0.2) is 0 Å². The summed E-state index contributed by atoms with van der Waals surface area (Å²) in [7, 11) is 1.73. The molecule has 166 valence electrons. The molecule has 0 spiro atoms. The van der Waals surface area contributed by atoms with Gasteiger partial charge in [-0.3, -0.25) is 4.98 Å². The summed E-state index contributed by atoms with van der Waals surface area (Å²) in [5.74, 6) is 4.96. The van der Waals surface area contributed by atoms with Crippen LogP contribution in [0.1, 0.15) is 64.4 Å². The Balaban J connectivity index is 1.47. The van der Waals surface area contributed by atoms with Crippen molar-refractivity contribution in [2.75, 3.05) is 32.5 Å². The van der Waals surface area contributed by atoms with Gasteiger partial charge in [-0.1, -0.05) is 46.0 Å². The molecular weight excluding hydrogens is 388 g/mol. The molecule has 0 aliphatic carbocycles. The van der Waals surface area contributed by atoms with Crippen LogP contribution < -0.4 is 4.74 Å². The number of ether oxygens (including phenoxy) is 1. The number of fused-ring (bicyclic) bond motifs is 1. The normalized spacial score (nSPS) is 20.0. The monoisotopic (exact) mass is 428 g/mol. The number of aromatic nitrogens is 1. The number of pyridine rings is 1. The highest BCUT2D eigenvalue weighted by atomic mass is 32.2. The van der Waals surface area contributed by atoms with Gasteiger partial charge >= 0.3 is 0 Å². The number of benzene rings is 1. The van der Waals surface area contributed by atoms with Gasteiger partial charge in [-0.05, 0) is 73.3 Å². The summed E-state index contributed by atoms with van der Waals surface area (Å²) in [4.78, 5) is 7.26. The number of thioether (sulfide) groups is 1. The molecule has 4 heteroatoms. The number of hydrogen-bond acceptors (Lipinski definition) is 4. The van der Waals surface area contributed by atoms with Crippen molar-refractivity contribution in [2.45, 2.75) is 64.5 Å². The molecule has 2 heterocycles. The minimum atomic E-state index is 0.858. The average Bonchev–Trinajstić information content (AvgIpc) is 2.79. The van der Waals surface area contributed by atoms with Gasteiger partial charge in [0.1, 0.15) is 5.75 Å². The molecule has 1 fully saturated rings. The van der Waals surface area contributed by atoms with Crippen molar-refractivity contribution in [3.05, 3.63) is 36.0 Å². The van der Waals surface area contributed by atoms with Crippen LogP contribution in [0.25, 0.3) is 10.9 Å². The standard InChI is InChI=1S/C26H40N2OS/c1-4-6-7-8-9-15-28-16-13-22(21(5-2)18-28)19-30-20-23-12-14-27-26-11-10-24(29-3)17-25(23)26/h10-12,14,17,21-22H,4-9,13,15-16,18-20H2,1-3H3/t21-,22-/m0/s1. The lowest BCUT2D eigenvalue weighted by Crippen LogP contribution is -2.41. The van der Waals surface area contributed by atoms with Gasteiger partial charge in [-0.15, -0.1) is 0 Å². The van der Waals surface area contributed by atoms with Crippen LogP contribution >= 0.6 is 11.8 Å². The number of nitrogens with zero attached hydrogens (tertiary/aromatic N) is 2. The summed E-state index contributed by atoms with van der Waals surface area (Å²) in [6.07, 6.45) is 11.6. The molecule has 1 aliphatic heterocycles. The van der Waals surface area contributed by atoms with E-state index in [4.69, 9.17) is 4.74 Å². The van der Waals surface area contributed by atoms with E-state index in [1.807, 2.05) is 12.3 Å². The van der Waals surface area contributed by atoms with E-state index in [2.05, 4.69) is 53.7 Å². The molecule has 1 aromatic heterocycles. The molecule has 1 aromatic carbocycles. The quantitative estimate of drug-likeness (QED) is 0.347. The van der Waals surface area contributed by atoms with Crippen LogP contribution in [0.2, 0.25) is 0 Å². The Morgan fingerprint density at radius 1 is 1.10 bits per heavy atom. The number of rotatable bonds is 12. The zero-order valence-electron chi connectivity index (χ0n) is 19.2. The Labute approximate surface area is 188 Å². The second kappa shape index (κ2) is 12.6. The van der Waals surface area contributed by atoms with E-state index in [9.17, 15) is 0 Å². The van der Waals surface area contributed by atoms with E-state index in [1.54, 1.807) is 7.11 Å². The molecule has 0 bridgehead atoms. The highest BCUT2D eigenvalue weighted by Gasteiger charge is 2.27. The van der Waals surface area contributed by atoms with Crippen LogP contribution in [-0.4, -0.2) is 42.4 Å². The Kier molecular flexibility index (Phi) is 9.80. The Bertz CT molecular complexity index is 766. The van der Waals surface area contributed by atoms with Crippen molar-refractivity contribution >= 4 is 22.7 Å². The average molecular weight is 429 g/mol. The highest BCUT2D eigenvalue weighted by Crippen LogP contribution is 2.32. The van der Waals surface area contributed by atoms with Crippen LogP contribution in [0.5, 0.6) is 5.75 Å². The lowest BCUT2D eigenvalue weighted by atomic mass is 9.85. The van der Waals surface area contributed by atoms with E-state index in [0.29, 0.717) is 0 Å². The zero-order valence-corrected chi connectivity index (χ0v) is 20.1. The van der Waals surface area contributed by atoms with Crippen molar-refractivity contribution < 1.29 is 4.74 Å². The SMILES string of the molecule is CCCCCCCN1CC[C@@H](CSCc2ccnc3ccc(OC)cc23)[C@@H](CC)C1. The Morgan fingerprint density at radius 3 is 2.77 bits per heavy atom. The summed E-state index contributed by atoms with van der Waals surface area (Å²) < 4.78 is 5.42. The lowest BCUT2D eigenvalue weighted by Gasteiger charge is -2.38. The minimum Gasteiger partial charge on any atom is -0.497 e. The topological polar surface area (TPSA) is 25.4 Å². The third-order valence-electron chi connectivity index (χ3n) is 6.71. The molecule has 3 rings (SSSR count). The van der Waals surface area contributed by atoms with Crippen molar-refractivity contribution in [2.24, 2.45) is 11.8 Å². The first-order valence-corrected chi connectivity index (χ1v) is 13.1. The van der Waals surface area contributed by atoms with Gasteiger partial charge in [-0.2, -0.15) is 11.8 Å². The number of likely N-dealkylation sites (tertiary alicyclic amines) is 1. The molecular formula is C26H40N2OS. The van der Waals surface area contributed by atoms with E-state index in [0.717, 1.165) is 28.9 Å². The Hall–Kier alpha value is -1.26. The number of unbranched alkanes of at least 4 members (excludes halogenated alkanes) is 4. The van der Waals surface area contributed by atoms with Crippen molar-refractivity contribution in [3.8, 4) is 5.75 Å². The predicted octanol–water partition coefficient (Wildman–Crippen LogP) is 6.80. The molecule has 3 nitrogen and oxygen atoms in total. The fourth-order valence-electron chi connectivity index (χ4n) is 4.74. The molecule has 1 aliphatic rings. The summed E-state index contributed by atoms with van der Waals surface area (Å²) in [6.45, 7) is 8.60. The van der Waals surface area contributed by atoms with Crippen LogP contribution in [0, 0.1) is 11.8 Å². The fourth-order valence-corrected chi connectivity index (χ4v) is 6.07. The van der Waals surface area contributed by atoms with Crippen molar-refractivity contribution in [3.63, 3.8) is 0 Å². The molecule has 1 saturated heterocycles. The van der Waals surface area contributed by atoms with Crippen LogP contribution in [0.15, 0.2) is 30.5 Å². The van der Waals surface area contributed by atoms with Crippen molar-refractivity contribution in [1.82, 2.24) is 9.88 Å². The van der Waals surface area contributed by atoms with Gasteiger partial charge in [0.15, 0.2) is 0 Å². The largest absolute Gasteiger partial charge is 0.497 e. The third-order valence-corrected chi connectivity index (χ3v) is 7.89. The molecule has 0 amide bonds. The maximum atomic E-state index is 5.42. The van der Waals surface area contributed by atoms with Crippen LogP contribution in [0.4, 0.5) is 0 Å². The number of piperidine rings is 1. The van der Waals surface area contributed by atoms with E-state index in [1.165, 1.54) is 81.3 Å². The first-order chi connectivity index (χ1) is 14.7. The van der Waals surface area contributed by atoms with Gasteiger partial charge < -0.3 is 9.64 Å².